The Kier molecular flexibility index (Phi) is 2.26. The molecule has 0 bridgehead atoms. The third-order valence-electron chi connectivity index (χ3n) is 1.98. The summed E-state index contributed by atoms with van der Waals surface area (Å²) in [5.41, 5.74) is 0.240. The molecule has 1 aliphatic rings. The minimum Gasteiger partial charge on any atom is -0.309 e. The molecule has 60 valence electrons. The van der Waals surface area contributed by atoms with Gasteiger partial charge in [0.2, 0.25) is 0 Å². The van der Waals surface area contributed by atoms with Crippen molar-refractivity contribution in [3.05, 3.63) is 0 Å². The zero-order chi connectivity index (χ0) is 7.78. The lowest BCUT2D eigenvalue weighted by Crippen LogP contribution is -2.51. The molecule has 1 rings (SSSR count). The van der Waals surface area contributed by atoms with E-state index in [-0.39, 0.29) is 5.54 Å². The maximum Gasteiger partial charge on any atom is 0.0368 e. The molecule has 1 aliphatic heterocycles. The Hall–Kier alpha value is 0.250. The van der Waals surface area contributed by atoms with Crippen molar-refractivity contribution in [3.63, 3.8) is 0 Å². The number of alkyl halides is 1. The lowest BCUT2D eigenvalue weighted by Gasteiger charge is -2.38. The van der Waals surface area contributed by atoms with Crippen LogP contribution < -0.4 is 5.32 Å². The third-order valence-corrected chi connectivity index (χ3v) is 2.31. The van der Waals surface area contributed by atoms with Gasteiger partial charge in [0.25, 0.3) is 0 Å². The number of hydrogen-bond acceptors (Lipinski definition) is 1. The predicted molar refractivity (Wildman–Crippen MR) is 45.6 cm³/mol. The SMILES string of the molecule is CC1CC(Cl)CC(C)(C)N1. The van der Waals surface area contributed by atoms with Gasteiger partial charge in [-0.2, -0.15) is 0 Å². The smallest absolute Gasteiger partial charge is 0.0368 e. The fourth-order valence-corrected chi connectivity index (χ4v) is 2.46. The second-order valence-electron chi connectivity index (χ2n) is 3.97. The van der Waals surface area contributed by atoms with E-state index in [0.717, 1.165) is 12.8 Å². The fourth-order valence-electron chi connectivity index (χ4n) is 1.81. The Morgan fingerprint density at radius 1 is 1.50 bits per heavy atom. The van der Waals surface area contributed by atoms with Crippen LogP contribution in [-0.2, 0) is 0 Å². The molecule has 1 N–H and O–H groups in total. The summed E-state index contributed by atoms with van der Waals surface area (Å²) in [7, 11) is 0. The molecule has 1 saturated heterocycles. The molecule has 2 atom stereocenters. The number of piperidine rings is 1. The molecule has 0 saturated carbocycles. The van der Waals surface area contributed by atoms with E-state index in [1.807, 2.05) is 0 Å². The topological polar surface area (TPSA) is 12.0 Å². The van der Waals surface area contributed by atoms with E-state index in [0.29, 0.717) is 11.4 Å². The Morgan fingerprint density at radius 3 is 2.50 bits per heavy atom. The van der Waals surface area contributed by atoms with E-state index in [4.69, 9.17) is 11.6 Å². The summed E-state index contributed by atoms with van der Waals surface area (Å²) >= 11 is 6.06. The first-order valence-corrected chi connectivity index (χ1v) is 4.35. The van der Waals surface area contributed by atoms with Crippen LogP contribution in [0.3, 0.4) is 0 Å². The van der Waals surface area contributed by atoms with Crippen LogP contribution in [0.5, 0.6) is 0 Å². The lowest BCUT2D eigenvalue weighted by atomic mass is 9.89. The highest BCUT2D eigenvalue weighted by molar-refractivity contribution is 6.20. The van der Waals surface area contributed by atoms with Gasteiger partial charge in [-0.1, -0.05) is 0 Å². The van der Waals surface area contributed by atoms with E-state index in [1.54, 1.807) is 0 Å². The average molecular weight is 162 g/mol. The molecule has 0 aromatic carbocycles. The van der Waals surface area contributed by atoms with Crippen molar-refractivity contribution in [2.24, 2.45) is 0 Å². The Morgan fingerprint density at radius 2 is 2.10 bits per heavy atom. The average Bonchev–Trinajstić information content (AvgIpc) is 1.54. The van der Waals surface area contributed by atoms with Gasteiger partial charge in [0.05, 0.1) is 0 Å². The van der Waals surface area contributed by atoms with E-state index in [1.165, 1.54) is 0 Å². The van der Waals surface area contributed by atoms with Crippen molar-refractivity contribution in [1.82, 2.24) is 5.32 Å². The van der Waals surface area contributed by atoms with Gasteiger partial charge in [-0.25, -0.2) is 0 Å². The number of nitrogens with one attached hydrogen (secondary N) is 1. The molecule has 2 heteroatoms. The lowest BCUT2D eigenvalue weighted by molar-refractivity contribution is 0.258. The first kappa shape index (κ1) is 8.35. The van der Waals surface area contributed by atoms with Gasteiger partial charge < -0.3 is 5.32 Å². The molecule has 1 nitrogen and oxygen atoms in total. The van der Waals surface area contributed by atoms with Crippen LogP contribution in [0.25, 0.3) is 0 Å². The highest BCUT2D eigenvalue weighted by atomic mass is 35.5. The minimum absolute atomic E-state index is 0.240. The van der Waals surface area contributed by atoms with Gasteiger partial charge in [-0.05, 0) is 33.6 Å². The summed E-state index contributed by atoms with van der Waals surface area (Å²) in [6.45, 7) is 6.60. The monoisotopic (exact) mass is 161 g/mol. The number of rotatable bonds is 0. The normalized spacial score (nSPS) is 39.6. The zero-order valence-corrected chi connectivity index (χ0v) is 7.70. The summed E-state index contributed by atoms with van der Waals surface area (Å²) in [6, 6.07) is 0.575. The molecule has 2 unspecified atom stereocenters. The molecular weight excluding hydrogens is 146 g/mol. The molecule has 10 heavy (non-hydrogen) atoms. The summed E-state index contributed by atoms with van der Waals surface area (Å²) in [4.78, 5) is 0. The molecular formula is C8H16ClN. The second-order valence-corrected chi connectivity index (χ2v) is 4.58. The van der Waals surface area contributed by atoms with Crippen molar-refractivity contribution in [2.75, 3.05) is 0 Å². The van der Waals surface area contributed by atoms with Crippen molar-refractivity contribution >= 4 is 11.6 Å². The summed E-state index contributed by atoms with van der Waals surface area (Å²) in [5.74, 6) is 0. The third kappa shape index (κ3) is 2.14. The van der Waals surface area contributed by atoms with Gasteiger partial charge in [0, 0.05) is 17.0 Å². The first-order chi connectivity index (χ1) is 4.49. The van der Waals surface area contributed by atoms with Crippen molar-refractivity contribution in [1.29, 1.82) is 0 Å². The summed E-state index contributed by atoms with van der Waals surface area (Å²) in [5, 5.41) is 3.87. The van der Waals surface area contributed by atoms with Gasteiger partial charge in [-0.3, -0.25) is 0 Å². The zero-order valence-electron chi connectivity index (χ0n) is 6.95. The highest BCUT2D eigenvalue weighted by Crippen LogP contribution is 2.25. The number of hydrogen-bond donors (Lipinski definition) is 1. The van der Waals surface area contributed by atoms with E-state index in [2.05, 4.69) is 26.1 Å². The van der Waals surface area contributed by atoms with Crippen LogP contribution in [-0.4, -0.2) is 17.0 Å². The van der Waals surface area contributed by atoms with Crippen LogP contribution in [0.1, 0.15) is 33.6 Å². The van der Waals surface area contributed by atoms with Crippen LogP contribution in [0.2, 0.25) is 0 Å². The largest absolute Gasteiger partial charge is 0.309 e. The van der Waals surface area contributed by atoms with Crippen LogP contribution in [0.15, 0.2) is 0 Å². The van der Waals surface area contributed by atoms with Crippen molar-refractivity contribution in [2.45, 2.75) is 50.6 Å². The van der Waals surface area contributed by atoms with Gasteiger partial charge in [-0.15, -0.1) is 11.6 Å². The maximum atomic E-state index is 6.06. The minimum atomic E-state index is 0.240. The molecule has 1 fully saturated rings. The van der Waals surface area contributed by atoms with Gasteiger partial charge in [0.1, 0.15) is 0 Å². The Labute approximate surface area is 68.1 Å². The predicted octanol–water partition coefficient (Wildman–Crippen LogP) is 2.14. The second kappa shape index (κ2) is 2.71. The maximum absolute atomic E-state index is 6.06. The van der Waals surface area contributed by atoms with Crippen LogP contribution >= 0.6 is 11.6 Å². The Bertz CT molecular complexity index is 110. The quantitative estimate of drug-likeness (QED) is 0.537. The van der Waals surface area contributed by atoms with Gasteiger partial charge >= 0.3 is 0 Å². The summed E-state index contributed by atoms with van der Waals surface area (Å²) in [6.07, 6.45) is 2.18. The standard InChI is InChI=1S/C8H16ClN/c1-6-4-7(9)5-8(2,3)10-6/h6-7,10H,4-5H2,1-3H3. The van der Waals surface area contributed by atoms with E-state index in [9.17, 15) is 0 Å². The molecule has 0 radical (unpaired) electrons. The van der Waals surface area contributed by atoms with Crippen molar-refractivity contribution < 1.29 is 0 Å². The first-order valence-electron chi connectivity index (χ1n) is 3.91. The molecule has 0 spiro atoms. The van der Waals surface area contributed by atoms with Crippen LogP contribution in [0.4, 0.5) is 0 Å². The summed E-state index contributed by atoms with van der Waals surface area (Å²) < 4.78 is 0. The highest BCUT2D eigenvalue weighted by Gasteiger charge is 2.29. The van der Waals surface area contributed by atoms with E-state index < -0.39 is 0 Å². The van der Waals surface area contributed by atoms with E-state index >= 15 is 0 Å². The molecule has 0 amide bonds. The molecule has 0 aromatic heterocycles. The molecule has 0 aromatic rings. The van der Waals surface area contributed by atoms with Crippen LogP contribution in [0, 0.1) is 0 Å². The fraction of sp³-hybridized carbons (Fsp3) is 1.00. The van der Waals surface area contributed by atoms with Gasteiger partial charge in [0.15, 0.2) is 0 Å². The number of halogens is 1. The Balaban J connectivity index is 2.51. The molecule has 0 aliphatic carbocycles. The van der Waals surface area contributed by atoms with Crippen molar-refractivity contribution in [3.8, 4) is 0 Å². The molecule has 1 heterocycles.